The van der Waals surface area contributed by atoms with Crippen molar-refractivity contribution < 1.29 is 0 Å². The van der Waals surface area contributed by atoms with Gasteiger partial charge in [0.05, 0.1) is 23.6 Å². The van der Waals surface area contributed by atoms with Crippen molar-refractivity contribution >= 4 is 17.3 Å². The van der Waals surface area contributed by atoms with Gasteiger partial charge in [0.2, 0.25) is 5.95 Å². The molecule has 0 spiro atoms. The van der Waals surface area contributed by atoms with Crippen LogP contribution in [0.25, 0.3) is 11.3 Å². The van der Waals surface area contributed by atoms with E-state index in [0.717, 1.165) is 41.3 Å². The van der Waals surface area contributed by atoms with Gasteiger partial charge >= 0.3 is 0 Å². The molecule has 4 rings (SSSR count). The van der Waals surface area contributed by atoms with E-state index in [1.54, 1.807) is 6.20 Å². The third kappa shape index (κ3) is 3.62. The molecule has 0 radical (unpaired) electrons. The van der Waals surface area contributed by atoms with Crippen LogP contribution in [0.3, 0.4) is 0 Å². The van der Waals surface area contributed by atoms with Crippen LogP contribution in [0.1, 0.15) is 47.5 Å². The number of rotatable bonds is 6. The van der Waals surface area contributed by atoms with Crippen molar-refractivity contribution in [2.45, 2.75) is 59.0 Å². The minimum atomic E-state index is 0.637. The van der Waals surface area contributed by atoms with Gasteiger partial charge in [-0.15, -0.1) is 11.3 Å². The zero-order chi connectivity index (χ0) is 17.9. The molecule has 0 bridgehead atoms. The normalized spacial score (nSPS) is 13.6. The Kier molecular flexibility index (Phi) is 4.97. The van der Waals surface area contributed by atoms with Gasteiger partial charge in [0, 0.05) is 29.4 Å². The highest BCUT2D eigenvalue weighted by Gasteiger charge is 2.15. The Morgan fingerprint density at radius 3 is 2.96 bits per heavy atom. The van der Waals surface area contributed by atoms with Crippen LogP contribution < -0.4 is 5.32 Å². The third-order valence-corrected chi connectivity index (χ3v) is 5.78. The molecule has 0 aromatic carbocycles. The van der Waals surface area contributed by atoms with Crippen LogP contribution in [-0.2, 0) is 25.9 Å². The zero-order valence-electron chi connectivity index (χ0n) is 15.3. The molecule has 0 fully saturated rings. The highest BCUT2D eigenvalue weighted by atomic mass is 32.1. The lowest BCUT2D eigenvalue weighted by molar-refractivity contribution is 0.598. The van der Waals surface area contributed by atoms with Gasteiger partial charge in [0.25, 0.3) is 0 Å². The number of aromatic nitrogens is 5. The summed E-state index contributed by atoms with van der Waals surface area (Å²) in [7, 11) is 0. The van der Waals surface area contributed by atoms with Crippen molar-refractivity contribution in [3.8, 4) is 11.3 Å². The van der Waals surface area contributed by atoms with E-state index in [4.69, 9.17) is 4.98 Å². The maximum Gasteiger partial charge on any atom is 0.223 e. The molecule has 0 amide bonds. The van der Waals surface area contributed by atoms with Crippen LogP contribution in [0, 0.1) is 6.92 Å². The summed E-state index contributed by atoms with van der Waals surface area (Å²) >= 11 is 1.82. The summed E-state index contributed by atoms with van der Waals surface area (Å²) in [5, 5.41) is 9.02. The summed E-state index contributed by atoms with van der Waals surface area (Å²) in [5.41, 5.74) is 4.26. The molecule has 1 aliphatic rings. The molecule has 3 heterocycles. The number of thiazole rings is 1. The van der Waals surface area contributed by atoms with Crippen molar-refractivity contribution in [3.05, 3.63) is 39.7 Å². The summed E-state index contributed by atoms with van der Waals surface area (Å²) in [6.45, 7) is 5.78. The van der Waals surface area contributed by atoms with Gasteiger partial charge in [-0.2, -0.15) is 5.10 Å². The smallest absolute Gasteiger partial charge is 0.223 e. The molecule has 26 heavy (non-hydrogen) atoms. The van der Waals surface area contributed by atoms with E-state index in [0.29, 0.717) is 12.5 Å². The molecule has 1 aliphatic carbocycles. The van der Waals surface area contributed by atoms with Gasteiger partial charge in [-0.3, -0.25) is 4.68 Å². The second-order valence-corrected chi connectivity index (χ2v) is 7.86. The first-order valence-corrected chi connectivity index (χ1v) is 10.1. The SMILES string of the molecule is CCCn1cc(-c2ccnc(NCc3nc4c(s3)CCCC4)n2)c(C)n1. The molecule has 7 heteroatoms. The number of fused-ring (bicyclic) bond motifs is 1. The Bertz CT molecular complexity index is 874. The molecule has 0 unspecified atom stereocenters. The van der Waals surface area contributed by atoms with Crippen molar-refractivity contribution in [3.63, 3.8) is 0 Å². The van der Waals surface area contributed by atoms with Crippen LogP contribution in [0.2, 0.25) is 0 Å². The standard InChI is InChI=1S/C19H24N6S/c1-3-10-25-12-14(13(2)24-25)15-8-9-20-19(23-15)21-11-18-22-16-6-4-5-7-17(16)26-18/h8-9,12H,3-7,10-11H2,1-2H3,(H,20,21,23). The molecule has 1 N–H and O–H groups in total. The number of hydrogen-bond donors (Lipinski definition) is 1. The van der Waals surface area contributed by atoms with Gasteiger partial charge < -0.3 is 5.32 Å². The maximum atomic E-state index is 4.77. The van der Waals surface area contributed by atoms with Gasteiger partial charge in [-0.25, -0.2) is 15.0 Å². The number of nitrogens with one attached hydrogen (secondary N) is 1. The lowest BCUT2D eigenvalue weighted by atomic mass is 10.0. The Morgan fingerprint density at radius 1 is 1.23 bits per heavy atom. The zero-order valence-corrected chi connectivity index (χ0v) is 16.1. The average Bonchev–Trinajstić information content (AvgIpc) is 3.23. The Morgan fingerprint density at radius 2 is 2.12 bits per heavy atom. The van der Waals surface area contributed by atoms with E-state index in [1.807, 2.05) is 29.0 Å². The topological polar surface area (TPSA) is 68.5 Å². The fraction of sp³-hybridized carbons (Fsp3) is 0.474. The van der Waals surface area contributed by atoms with Crippen molar-refractivity contribution in [2.24, 2.45) is 0 Å². The molecule has 136 valence electrons. The first-order chi connectivity index (χ1) is 12.7. The van der Waals surface area contributed by atoms with Crippen molar-refractivity contribution in [2.75, 3.05) is 5.32 Å². The minimum absolute atomic E-state index is 0.637. The minimum Gasteiger partial charge on any atom is -0.348 e. The fourth-order valence-electron chi connectivity index (χ4n) is 3.34. The van der Waals surface area contributed by atoms with Crippen LogP contribution in [0.15, 0.2) is 18.5 Å². The first kappa shape index (κ1) is 17.1. The molecule has 0 atom stereocenters. The lowest BCUT2D eigenvalue weighted by Gasteiger charge is -2.06. The second-order valence-electron chi connectivity index (χ2n) is 6.69. The Balaban J connectivity index is 1.48. The van der Waals surface area contributed by atoms with Crippen LogP contribution >= 0.6 is 11.3 Å². The maximum absolute atomic E-state index is 4.77. The molecular formula is C19H24N6S. The number of nitrogens with zero attached hydrogens (tertiary/aromatic N) is 5. The van der Waals surface area contributed by atoms with Gasteiger partial charge in [-0.05, 0) is 45.1 Å². The predicted octanol–water partition coefficient (Wildman–Crippen LogP) is 4.01. The molecule has 0 aliphatic heterocycles. The van der Waals surface area contributed by atoms with Crippen LogP contribution in [-0.4, -0.2) is 24.7 Å². The van der Waals surface area contributed by atoms with E-state index >= 15 is 0 Å². The Hall–Kier alpha value is -2.28. The van der Waals surface area contributed by atoms with E-state index in [2.05, 4.69) is 33.5 Å². The number of aryl methyl sites for hydroxylation is 4. The molecule has 3 aromatic rings. The molecule has 3 aromatic heterocycles. The van der Waals surface area contributed by atoms with E-state index in [9.17, 15) is 0 Å². The van der Waals surface area contributed by atoms with Crippen molar-refractivity contribution in [1.29, 1.82) is 0 Å². The summed E-state index contributed by atoms with van der Waals surface area (Å²) < 4.78 is 1.99. The van der Waals surface area contributed by atoms with Gasteiger partial charge in [0.15, 0.2) is 0 Å². The van der Waals surface area contributed by atoms with Crippen molar-refractivity contribution in [1.82, 2.24) is 24.7 Å². The van der Waals surface area contributed by atoms with Crippen LogP contribution in [0.4, 0.5) is 5.95 Å². The molecular weight excluding hydrogens is 344 g/mol. The Labute approximate surface area is 157 Å². The average molecular weight is 369 g/mol. The first-order valence-electron chi connectivity index (χ1n) is 9.31. The molecule has 6 nitrogen and oxygen atoms in total. The van der Waals surface area contributed by atoms with E-state index in [-0.39, 0.29) is 0 Å². The summed E-state index contributed by atoms with van der Waals surface area (Å²) in [6, 6.07) is 1.94. The monoisotopic (exact) mass is 368 g/mol. The fourth-order valence-corrected chi connectivity index (χ4v) is 4.44. The second kappa shape index (κ2) is 7.53. The summed E-state index contributed by atoms with van der Waals surface area (Å²) in [4.78, 5) is 15.3. The summed E-state index contributed by atoms with van der Waals surface area (Å²) in [6.07, 6.45) is 9.79. The van der Waals surface area contributed by atoms with Crippen LogP contribution in [0.5, 0.6) is 0 Å². The van der Waals surface area contributed by atoms with Gasteiger partial charge in [0.1, 0.15) is 5.01 Å². The highest BCUT2D eigenvalue weighted by molar-refractivity contribution is 7.11. The van der Waals surface area contributed by atoms with E-state index in [1.165, 1.54) is 29.8 Å². The molecule has 0 saturated heterocycles. The highest BCUT2D eigenvalue weighted by Crippen LogP contribution is 2.27. The number of anilines is 1. The van der Waals surface area contributed by atoms with Gasteiger partial charge in [-0.1, -0.05) is 6.92 Å². The third-order valence-electron chi connectivity index (χ3n) is 4.62. The summed E-state index contributed by atoms with van der Waals surface area (Å²) in [5.74, 6) is 0.637. The molecule has 0 saturated carbocycles. The predicted molar refractivity (Wildman–Crippen MR) is 104 cm³/mol. The lowest BCUT2D eigenvalue weighted by Crippen LogP contribution is -2.04. The largest absolute Gasteiger partial charge is 0.348 e. The number of hydrogen-bond acceptors (Lipinski definition) is 6. The van der Waals surface area contributed by atoms with E-state index < -0.39 is 0 Å². The quantitative estimate of drug-likeness (QED) is 0.712.